The first-order valence-electron chi connectivity index (χ1n) is 7.17. The third-order valence-corrected chi connectivity index (χ3v) is 4.57. The second-order valence-electron chi connectivity index (χ2n) is 5.12. The van der Waals surface area contributed by atoms with E-state index in [0.717, 1.165) is 11.5 Å². The second-order valence-corrected chi connectivity index (χ2v) is 6.33. The Balaban J connectivity index is 2.20. The topological polar surface area (TPSA) is 112 Å². The van der Waals surface area contributed by atoms with Crippen molar-refractivity contribution in [2.24, 2.45) is 0 Å². The van der Waals surface area contributed by atoms with Crippen LogP contribution in [0.15, 0.2) is 24.3 Å². The lowest BCUT2D eigenvalue weighted by atomic mass is 10.1. The fourth-order valence-corrected chi connectivity index (χ4v) is 3.29. The second kappa shape index (κ2) is 7.00. The molecule has 1 aromatic carbocycles. The molecule has 0 spiro atoms. The maximum Gasteiger partial charge on any atom is 0.322 e. The number of rotatable bonds is 4. The van der Waals surface area contributed by atoms with Gasteiger partial charge in [-0.15, -0.1) is 6.42 Å². The van der Waals surface area contributed by atoms with E-state index < -0.39 is 24.2 Å². The van der Waals surface area contributed by atoms with Crippen LogP contribution in [0.4, 0.5) is 0 Å². The first-order valence-corrected chi connectivity index (χ1v) is 8.32. The average molecular weight is 388 g/mol. The van der Waals surface area contributed by atoms with Crippen LogP contribution < -0.4 is 5.32 Å². The summed E-state index contributed by atoms with van der Waals surface area (Å²) in [4.78, 5) is 26.8. The normalized spacial score (nSPS) is 10.5. The molecule has 3 N–H and O–H groups in total. The minimum atomic E-state index is -1.23. The van der Waals surface area contributed by atoms with E-state index in [4.69, 9.17) is 23.1 Å². The van der Waals surface area contributed by atoms with E-state index in [1.807, 2.05) is 0 Å². The zero-order valence-electron chi connectivity index (χ0n) is 13.0. The summed E-state index contributed by atoms with van der Waals surface area (Å²) in [5, 5.41) is 22.2. The van der Waals surface area contributed by atoms with Gasteiger partial charge in [-0.1, -0.05) is 23.7 Å². The van der Waals surface area contributed by atoms with Gasteiger partial charge in [0.25, 0.3) is 5.91 Å². The SMILES string of the molecule is C#Cc1nc(C(=O)NCC(=O)O)c(O)c2c(-c3ccc(Cl)cc3)nsc12. The van der Waals surface area contributed by atoms with Crippen molar-refractivity contribution in [2.45, 2.75) is 0 Å². The number of nitrogens with one attached hydrogen (secondary N) is 1. The molecule has 0 unspecified atom stereocenters. The van der Waals surface area contributed by atoms with Crippen LogP contribution in [-0.2, 0) is 4.79 Å². The summed E-state index contributed by atoms with van der Waals surface area (Å²) in [6.07, 6.45) is 5.47. The first kappa shape index (κ1) is 17.7. The molecular formula is C17H10ClN3O4S. The highest BCUT2D eigenvalue weighted by Gasteiger charge is 2.24. The van der Waals surface area contributed by atoms with Crippen LogP contribution in [0.25, 0.3) is 21.3 Å². The van der Waals surface area contributed by atoms with Crippen LogP contribution in [0.1, 0.15) is 16.2 Å². The Hall–Kier alpha value is -3.15. The van der Waals surface area contributed by atoms with Gasteiger partial charge < -0.3 is 15.5 Å². The van der Waals surface area contributed by atoms with Gasteiger partial charge in [-0.3, -0.25) is 9.59 Å². The van der Waals surface area contributed by atoms with Crippen LogP contribution in [0, 0.1) is 12.3 Å². The molecule has 0 fully saturated rings. The van der Waals surface area contributed by atoms with Gasteiger partial charge in [0.2, 0.25) is 0 Å². The molecule has 0 saturated heterocycles. The Morgan fingerprint density at radius 1 is 1.31 bits per heavy atom. The maximum absolute atomic E-state index is 12.2. The number of carbonyl (C=O) groups is 2. The molecule has 1 amide bonds. The number of aliphatic carboxylic acids is 1. The summed E-state index contributed by atoms with van der Waals surface area (Å²) in [5.41, 5.74) is 0.866. The number of fused-ring (bicyclic) bond motifs is 1. The first-order chi connectivity index (χ1) is 12.4. The summed E-state index contributed by atoms with van der Waals surface area (Å²) in [6, 6.07) is 6.78. The van der Waals surface area contributed by atoms with E-state index in [-0.39, 0.29) is 16.8 Å². The molecule has 3 rings (SSSR count). The van der Waals surface area contributed by atoms with Crippen LogP contribution in [0.3, 0.4) is 0 Å². The van der Waals surface area contributed by atoms with Crippen molar-refractivity contribution in [1.29, 1.82) is 0 Å². The number of nitrogens with zero attached hydrogens (tertiary/aromatic N) is 2. The Bertz CT molecular complexity index is 1070. The number of terminal acetylenes is 1. The molecule has 0 saturated carbocycles. The van der Waals surface area contributed by atoms with Gasteiger partial charge >= 0.3 is 5.97 Å². The predicted molar refractivity (Wildman–Crippen MR) is 97.4 cm³/mol. The number of pyridine rings is 1. The van der Waals surface area contributed by atoms with E-state index in [0.29, 0.717) is 21.0 Å². The monoisotopic (exact) mass is 387 g/mol. The summed E-state index contributed by atoms with van der Waals surface area (Å²) in [6.45, 7) is -0.616. The molecule has 0 atom stereocenters. The molecule has 2 heterocycles. The third kappa shape index (κ3) is 3.18. The number of benzene rings is 1. The Morgan fingerprint density at radius 3 is 2.62 bits per heavy atom. The van der Waals surface area contributed by atoms with Gasteiger partial charge in [0.05, 0.1) is 15.8 Å². The van der Waals surface area contributed by atoms with E-state index >= 15 is 0 Å². The van der Waals surface area contributed by atoms with E-state index in [2.05, 4.69) is 20.6 Å². The number of carboxylic acid groups (broad SMARTS) is 1. The van der Waals surface area contributed by atoms with Crippen LogP contribution in [0.2, 0.25) is 5.02 Å². The van der Waals surface area contributed by atoms with E-state index in [1.54, 1.807) is 24.3 Å². The number of carbonyl (C=O) groups excluding carboxylic acids is 1. The zero-order chi connectivity index (χ0) is 18.8. The molecular weight excluding hydrogens is 378 g/mol. The Kier molecular flexibility index (Phi) is 4.75. The quantitative estimate of drug-likeness (QED) is 0.593. The summed E-state index contributed by atoms with van der Waals surface area (Å²) in [5.74, 6) is -0.131. The number of hydrogen-bond donors (Lipinski definition) is 3. The largest absolute Gasteiger partial charge is 0.505 e. The number of carboxylic acids is 1. The molecule has 26 heavy (non-hydrogen) atoms. The lowest BCUT2D eigenvalue weighted by molar-refractivity contribution is -0.135. The summed E-state index contributed by atoms with van der Waals surface area (Å²) >= 11 is 6.94. The van der Waals surface area contributed by atoms with E-state index in [1.165, 1.54) is 0 Å². The maximum atomic E-state index is 12.2. The minimum Gasteiger partial charge on any atom is -0.505 e. The van der Waals surface area contributed by atoms with Gasteiger partial charge in [0.1, 0.15) is 12.2 Å². The molecule has 2 aromatic heterocycles. The van der Waals surface area contributed by atoms with Gasteiger partial charge in [-0.2, -0.15) is 4.37 Å². The minimum absolute atomic E-state index is 0.135. The van der Waals surface area contributed by atoms with Crippen molar-refractivity contribution in [1.82, 2.24) is 14.7 Å². The van der Waals surface area contributed by atoms with Gasteiger partial charge in [-0.25, -0.2) is 4.98 Å². The van der Waals surface area contributed by atoms with E-state index in [9.17, 15) is 14.7 Å². The van der Waals surface area contributed by atoms with Gasteiger partial charge in [-0.05, 0) is 29.6 Å². The van der Waals surface area contributed by atoms with Crippen molar-refractivity contribution in [3.8, 4) is 29.4 Å². The summed E-state index contributed by atoms with van der Waals surface area (Å²) < 4.78 is 4.77. The molecule has 3 aromatic rings. The van der Waals surface area contributed by atoms with Crippen molar-refractivity contribution in [2.75, 3.05) is 6.54 Å². The molecule has 0 bridgehead atoms. The number of aromatic nitrogens is 2. The number of aromatic hydroxyl groups is 1. The molecule has 9 heteroatoms. The lowest BCUT2D eigenvalue weighted by Gasteiger charge is -2.08. The number of halogens is 1. The van der Waals surface area contributed by atoms with Crippen LogP contribution in [0.5, 0.6) is 5.75 Å². The number of hydrogen-bond acceptors (Lipinski definition) is 6. The molecule has 7 nitrogen and oxygen atoms in total. The fraction of sp³-hybridized carbons (Fsp3) is 0.0588. The van der Waals surface area contributed by atoms with Crippen molar-refractivity contribution in [3.63, 3.8) is 0 Å². The van der Waals surface area contributed by atoms with Crippen LogP contribution in [-0.4, -0.2) is 38.0 Å². The highest BCUT2D eigenvalue weighted by molar-refractivity contribution is 7.14. The fourth-order valence-electron chi connectivity index (χ4n) is 2.31. The number of amides is 1. The molecule has 0 aliphatic heterocycles. The van der Waals surface area contributed by atoms with Crippen molar-refractivity contribution >= 4 is 45.1 Å². The van der Waals surface area contributed by atoms with Crippen molar-refractivity contribution < 1.29 is 19.8 Å². The lowest BCUT2D eigenvalue weighted by Crippen LogP contribution is -2.30. The standard InChI is InChI=1S/C17H10ClN3O4S/c1-2-10-16-12(13(21-26-16)8-3-5-9(18)6-4-8)15(24)14(20-10)17(25)19-7-11(22)23/h1,3-6,24H,7H2,(H,19,25)(H,22,23). The average Bonchev–Trinajstić information content (AvgIpc) is 3.06. The zero-order valence-corrected chi connectivity index (χ0v) is 14.6. The molecule has 130 valence electrons. The van der Waals surface area contributed by atoms with Crippen LogP contribution >= 0.6 is 23.1 Å². The summed E-state index contributed by atoms with van der Waals surface area (Å²) in [7, 11) is 0. The molecule has 0 radical (unpaired) electrons. The molecule has 0 aliphatic carbocycles. The van der Waals surface area contributed by atoms with Gasteiger partial charge in [0.15, 0.2) is 11.4 Å². The highest BCUT2D eigenvalue weighted by atomic mass is 35.5. The highest BCUT2D eigenvalue weighted by Crippen LogP contribution is 2.39. The van der Waals surface area contributed by atoms with Crippen molar-refractivity contribution in [3.05, 3.63) is 40.7 Å². The van der Waals surface area contributed by atoms with Gasteiger partial charge in [0, 0.05) is 10.6 Å². The molecule has 0 aliphatic rings. The third-order valence-electron chi connectivity index (χ3n) is 3.46. The Morgan fingerprint density at radius 2 is 2.00 bits per heavy atom. The smallest absolute Gasteiger partial charge is 0.322 e. The predicted octanol–water partition coefficient (Wildman–Crippen LogP) is 2.51. The Labute approximate surface area is 156 Å².